The van der Waals surface area contributed by atoms with Gasteiger partial charge in [-0.1, -0.05) is 30.0 Å². The molecule has 0 bridgehead atoms. The third-order valence-corrected chi connectivity index (χ3v) is 5.99. The molecule has 6 nitrogen and oxygen atoms in total. The maximum atomic E-state index is 12.7. The predicted octanol–water partition coefficient (Wildman–Crippen LogP) is 3.99. The van der Waals surface area contributed by atoms with Crippen molar-refractivity contribution < 1.29 is 9.59 Å². The van der Waals surface area contributed by atoms with Crippen LogP contribution in [-0.4, -0.2) is 38.8 Å². The van der Waals surface area contributed by atoms with E-state index in [1.807, 2.05) is 54.8 Å². The van der Waals surface area contributed by atoms with Crippen LogP contribution in [0.4, 0.5) is 5.69 Å². The molecule has 1 aliphatic heterocycles. The van der Waals surface area contributed by atoms with E-state index in [0.717, 1.165) is 35.7 Å². The molecule has 0 spiro atoms. The summed E-state index contributed by atoms with van der Waals surface area (Å²) >= 11 is 1.38. The van der Waals surface area contributed by atoms with Crippen molar-refractivity contribution in [1.82, 2.24) is 14.8 Å². The van der Waals surface area contributed by atoms with Crippen molar-refractivity contribution in [2.75, 3.05) is 17.2 Å². The molecule has 4 rings (SSSR count). The molecule has 0 radical (unpaired) electrons. The second kappa shape index (κ2) is 8.21. The van der Waals surface area contributed by atoms with Gasteiger partial charge in [-0.05, 0) is 56.2 Å². The highest BCUT2D eigenvalue weighted by Gasteiger charge is 2.22. The first-order valence-electron chi connectivity index (χ1n) is 9.59. The molecular weight excluding hydrogens is 384 g/mol. The Labute approximate surface area is 173 Å². The van der Waals surface area contributed by atoms with Crippen LogP contribution in [0.15, 0.2) is 53.7 Å². The second-order valence-electron chi connectivity index (χ2n) is 7.06. The average molecular weight is 407 g/mol. The van der Waals surface area contributed by atoms with Crippen LogP contribution in [0.2, 0.25) is 0 Å². The summed E-state index contributed by atoms with van der Waals surface area (Å²) in [4.78, 5) is 26.3. The highest BCUT2D eigenvalue weighted by molar-refractivity contribution is 7.99. The van der Waals surface area contributed by atoms with Gasteiger partial charge in [0.05, 0.1) is 11.4 Å². The van der Waals surface area contributed by atoms with Crippen LogP contribution in [-0.2, 0) is 4.79 Å². The molecule has 2 aromatic carbocycles. The molecule has 7 heteroatoms. The monoisotopic (exact) mass is 406 g/mol. The lowest BCUT2D eigenvalue weighted by Crippen LogP contribution is -2.23. The number of hydrogen-bond acceptors (Lipinski definition) is 5. The van der Waals surface area contributed by atoms with Gasteiger partial charge in [0, 0.05) is 24.2 Å². The zero-order valence-electron chi connectivity index (χ0n) is 16.5. The number of nitrogens with zero attached hydrogens (tertiary/aromatic N) is 4. The fourth-order valence-electron chi connectivity index (χ4n) is 3.49. The van der Waals surface area contributed by atoms with Crippen LogP contribution >= 0.6 is 11.8 Å². The number of ketones is 1. The van der Waals surface area contributed by atoms with Gasteiger partial charge in [0.15, 0.2) is 10.9 Å². The summed E-state index contributed by atoms with van der Waals surface area (Å²) in [5, 5.41) is 9.14. The van der Waals surface area contributed by atoms with Crippen molar-refractivity contribution in [1.29, 1.82) is 0 Å². The van der Waals surface area contributed by atoms with Crippen LogP contribution < -0.4 is 4.90 Å². The first kappa shape index (κ1) is 19.4. The maximum Gasteiger partial charge on any atom is 0.227 e. The highest BCUT2D eigenvalue weighted by atomic mass is 32.2. The lowest BCUT2D eigenvalue weighted by molar-refractivity contribution is -0.117. The fourth-order valence-corrected chi connectivity index (χ4v) is 4.37. The summed E-state index contributed by atoms with van der Waals surface area (Å²) in [5.41, 5.74) is 3.62. The molecule has 148 valence electrons. The summed E-state index contributed by atoms with van der Waals surface area (Å²) in [7, 11) is 0. The third-order valence-electron chi connectivity index (χ3n) is 5.06. The van der Waals surface area contributed by atoms with Crippen molar-refractivity contribution >= 4 is 29.1 Å². The number of amides is 1. The Morgan fingerprint density at radius 1 is 1.07 bits per heavy atom. The molecule has 0 atom stereocenters. The van der Waals surface area contributed by atoms with E-state index >= 15 is 0 Å². The summed E-state index contributed by atoms with van der Waals surface area (Å²) < 4.78 is 1.98. The van der Waals surface area contributed by atoms with Crippen LogP contribution in [0.3, 0.4) is 0 Å². The van der Waals surface area contributed by atoms with Crippen molar-refractivity contribution in [2.45, 2.75) is 31.8 Å². The van der Waals surface area contributed by atoms with E-state index in [0.29, 0.717) is 17.1 Å². The van der Waals surface area contributed by atoms with Gasteiger partial charge < -0.3 is 4.90 Å². The van der Waals surface area contributed by atoms with Crippen LogP contribution in [0.5, 0.6) is 0 Å². The Bertz CT molecular complexity index is 1060. The van der Waals surface area contributed by atoms with E-state index in [1.165, 1.54) is 11.8 Å². The fraction of sp³-hybridized carbons (Fsp3) is 0.273. The maximum absolute atomic E-state index is 12.7. The van der Waals surface area contributed by atoms with E-state index < -0.39 is 0 Å². The topological polar surface area (TPSA) is 68.1 Å². The predicted molar refractivity (Wildman–Crippen MR) is 114 cm³/mol. The molecule has 3 aromatic rings. The number of aromatic nitrogens is 3. The molecular formula is C22H22N4O2S. The number of rotatable bonds is 6. The van der Waals surface area contributed by atoms with Crippen molar-refractivity contribution in [3.8, 4) is 5.69 Å². The molecule has 0 N–H and O–H groups in total. The molecule has 29 heavy (non-hydrogen) atoms. The molecule has 1 fully saturated rings. The standard InChI is InChI=1S/C22H22N4O2S/c1-15-6-3-4-7-19(15)26-16(2)23-24-22(26)29-14-20(27)17-9-11-18(12-10-17)25-13-5-8-21(25)28/h3-4,6-7,9-12H,5,8,13-14H2,1-2H3. The van der Waals surface area contributed by atoms with E-state index in [4.69, 9.17) is 0 Å². The molecule has 0 aliphatic carbocycles. The zero-order chi connectivity index (χ0) is 20.4. The highest BCUT2D eigenvalue weighted by Crippen LogP contribution is 2.26. The van der Waals surface area contributed by atoms with Gasteiger partial charge in [-0.2, -0.15) is 0 Å². The smallest absolute Gasteiger partial charge is 0.227 e. The van der Waals surface area contributed by atoms with Gasteiger partial charge >= 0.3 is 0 Å². The molecule has 1 aliphatic rings. The minimum Gasteiger partial charge on any atom is -0.312 e. The molecule has 1 amide bonds. The Balaban J connectivity index is 1.47. The Morgan fingerprint density at radius 3 is 2.52 bits per heavy atom. The molecule has 2 heterocycles. The number of aryl methyl sites for hydroxylation is 2. The Hall–Kier alpha value is -2.93. The molecule has 1 aromatic heterocycles. The average Bonchev–Trinajstić information content (AvgIpc) is 3.32. The lowest BCUT2D eigenvalue weighted by atomic mass is 10.1. The minimum absolute atomic E-state index is 0.0197. The Morgan fingerprint density at radius 2 is 1.83 bits per heavy atom. The van der Waals surface area contributed by atoms with Crippen molar-refractivity contribution in [3.05, 3.63) is 65.5 Å². The number of carbonyl (C=O) groups excluding carboxylic acids is 2. The quantitative estimate of drug-likeness (QED) is 0.457. The van der Waals surface area contributed by atoms with Gasteiger partial charge in [-0.25, -0.2) is 0 Å². The number of para-hydroxylation sites is 1. The largest absolute Gasteiger partial charge is 0.312 e. The second-order valence-corrected chi connectivity index (χ2v) is 8.00. The van der Waals surface area contributed by atoms with E-state index in [-0.39, 0.29) is 17.4 Å². The van der Waals surface area contributed by atoms with Crippen LogP contribution in [0.1, 0.15) is 34.6 Å². The van der Waals surface area contributed by atoms with Crippen LogP contribution in [0, 0.1) is 13.8 Å². The third kappa shape index (κ3) is 3.96. The summed E-state index contributed by atoms with van der Waals surface area (Å²) in [6, 6.07) is 15.3. The normalized spacial score (nSPS) is 13.9. The van der Waals surface area contributed by atoms with Crippen LogP contribution in [0.25, 0.3) is 5.69 Å². The van der Waals surface area contributed by atoms with Gasteiger partial charge in [0.25, 0.3) is 0 Å². The van der Waals surface area contributed by atoms with E-state index in [9.17, 15) is 9.59 Å². The minimum atomic E-state index is 0.0197. The molecule has 0 saturated carbocycles. The summed E-state index contributed by atoms with van der Waals surface area (Å²) in [5.74, 6) is 1.22. The van der Waals surface area contributed by atoms with E-state index in [2.05, 4.69) is 10.2 Å². The summed E-state index contributed by atoms with van der Waals surface area (Å²) in [6.45, 7) is 4.70. The number of hydrogen-bond donors (Lipinski definition) is 0. The van der Waals surface area contributed by atoms with Gasteiger partial charge in [0.2, 0.25) is 5.91 Å². The zero-order valence-corrected chi connectivity index (χ0v) is 17.3. The first-order valence-corrected chi connectivity index (χ1v) is 10.6. The number of carbonyl (C=O) groups is 2. The number of benzene rings is 2. The summed E-state index contributed by atoms with van der Waals surface area (Å²) in [6.07, 6.45) is 1.48. The SMILES string of the molecule is Cc1ccccc1-n1c(C)nnc1SCC(=O)c1ccc(N2CCCC2=O)cc1. The van der Waals surface area contributed by atoms with E-state index in [1.54, 1.807) is 17.0 Å². The first-order chi connectivity index (χ1) is 14.0. The molecule has 1 saturated heterocycles. The lowest BCUT2D eigenvalue weighted by Gasteiger charge is -2.15. The Kier molecular flexibility index (Phi) is 5.49. The van der Waals surface area contributed by atoms with Gasteiger partial charge in [0.1, 0.15) is 5.82 Å². The molecule has 0 unspecified atom stereocenters. The van der Waals surface area contributed by atoms with Crippen molar-refractivity contribution in [3.63, 3.8) is 0 Å². The number of anilines is 1. The van der Waals surface area contributed by atoms with Crippen molar-refractivity contribution in [2.24, 2.45) is 0 Å². The van der Waals surface area contributed by atoms with Gasteiger partial charge in [-0.3, -0.25) is 14.2 Å². The number of Topliss-reactive ketones (excluding diaryl/α,β-unsaturated/α-hetero) is 1. The number of thioether (sulfide) groups is 1. The van der Waals surface area contributed by atoms with Gasteiger partial charge in [-0.15, -0.1) is 10.2 Å².